The Morgan fingerprint density at radius 2 is 2.00 bits per heavy atom. The van der Waals surface area contributed by atoms with Crippen molar-refractivity contribution in [1.82, 2.24) is 4.31 Å². The Balaban J connectivity index is 1.68. The van der Waals surface area contributed by atoms with Crippen molar-refractivity contribution in [2.75, 3.05) is 25.4 Å². The standard InChI is InChI=1S/C14H18ClNO3S2/c15-13-4-2-1-3-12(13)11-21(17,18)16-7-5-14(6-8-16)19-9-10-20-14/h1-4H,5-11H2. The molecule has 2 aliphatic heterocycles. The summed E-state index contributed by atoms with van der Waals surface area (Å²) in [6.45, 7) is 1.83. The van der Waals surface area contributed by atoms with Crippen molar-refractivity contribution < 1.29 is 13.2 Å². The van der Waals surface area contributed by atoms with Gasteiger partial charge in [-0.3, -0.25) is 0 Å². The minimum atomic E-state index is -3.32. The summed E-state index contributed by atoms with van der Waals surface area (Å²) in [4.78, 5) is -0.142. The molecule has 7 heteroatoms. The van der Waals surface area contributed by atoms with Crippen LogP contribution in [0.25, 0.3) is 0 Å². The summed E-state index contributed by atoms with van der Waals surface area (Å²) in [5.41, 5.74) is 0.658. The SMILES string of the molecule is O=S(=O)(Cc1ccccc1Cl)N1CCC2(CC1)OCCS2. The summed E-state index contributed by atoms with van der Waals surface area (Å²) in [6.07, 6.45) is 1.53. The van der Waals surface area contributed by atoms with E-state index in [2.05, 4.69) is 0 Å². The highest BCUT2D eigenvalue weighted by atomic mass is 35.5. The van der Waals surface area contributed by atoms with E-state index >= 15 is 0 Å². The Bertz CT molecular complexity index is 604. The van der Waals surface area contributed by atoms with Gasteiger partial charge >= 0.3 is 0 Å². The van der Waals surface area contributed by atoms with E-state index in [0.717, 1.165) is 25.2 Å². The van der Waals surface area contributed by atoms with E-state index in [-0.39, 0.29) is 10.7 Å². The highest BCUT2D eigenvalue weighted by Gasteiger charge is 2.41. The third-order valence-electron chi connectivity index (χ3n) is 3.99. The molecule has 21 heavy (non-hydrogen) atoms. The van der Waals surface area contributed by atoms with Gasteiger partial charge in [-0.05, 0) is 24.5 Å². The predicted molar refractivity (Wildman–Crippen MR) is 86.0 cm³/mol. The summed E-state index contributed by atoms with van der Waals surface area (Å²) in [5, 5.41) is 0.504. The lowest BCUT2D eigenvalue weighted by atomic mass is 10.1. The summed E-state index contributed by atoms with van der Waals surface area (Å²) >= 11 is 7.88. The minimum absolute atomic E-state index is 0.0341. The zero-order chi connectivity index (χ0) is 14.9. The lowest BCUT2D eigenvalue weighted by Crippen LogP contribution is -2.45. The van der Waals surface area contributed by atoms with Crippen LogP contribution >= 0.6 is 23.4 Å². The van der Waals surface area contributed by atoms with Crippen LogP contribution in [0.1, 0.15) is 18.4 Å². The fraction of sp³-hybridized carbons (Fsp3) is 0.571. The molecular weight excluding hydrogens is 330 g/mol. The first-order chi connectivity index (χ1) is 10.0. The second-order valence-corrected chi connectivity index (χ2v) is 9.17. The molecule has 3 rings (SSSR count). The van der Waals surface area contributed by atoms with Gasteiger partial charge in [-0.1, -0.05) is 29.8 Å². The van der Waals surface area contributed by atoms with E-state index in [0.29, 0.717) is 23.7 Å². The molecule has 2 fully saturated rings. The van der Waals surface area contributed by atoms with Crippen LogP contribution in [0.15, 0.2) is 24.3 Å². The van der Waals surface area contributed by atoms with Crippen LogP contribution in [0.4, 0.5) is 0 Å². The van der Waals surface area contributed by atoms with E-state index in [9.17, 15) is 8.42 Å². The minimum Gasteiger partial charge on any atom is -0.363 e. The Morgan fingerprint density at radius 1 is 1.29 bits per heavy atom. The fourth-order valence-corrected chi connectivity index (χ4v) is 5.82. The van der Waals surface area contributed by atoms with E-state index in [1.807, 2.05) is 17.8 Å². The average Bonchev–Trinajstić information content (AvgIpc) is 2.90. The van der Waals surface area contributed by atoms with E-state index in [1.165, 1.54) is 0 Å². The van der Waals surface area contributed by atoms with E-state index < -0.39 is 10.0 Å². The normalized spacial score (nSPS) is 22.7. The van der Waals surface area contributed by atoms with E-state index in [4.69, 9.17) is 16.3 Å². The van der Waals surface area contributed by atoms with Gasteiger partial charge in [0, 0.05) is 23.9 Å². The number of thioether (sulfide) groups is 1. The molecule has 0 radical (unpaired) electrons. The average molecular weight is 348 g/mol. The molecule has 2 aliphatic rings. The molecule has 1 aromatic carbocycles. The predicted octanol–water partition coefficient (Wildman–Crippen LogP) is 2.73. The Morgan fingerprint density at radius 3 is 2.62 bits per heavy atom. The van der Waals surface area contributed by atoms with Gasteiger partial charge in [0.25, 0.3) is 0 Å². The lowest BCUT2D eigenvalue weighted by molar-refractivity contribution is 0.0161. The molecule has 2 saturated heterocycles. The first-order valence-corrected chi connectivity index (χ1v) is 9.97. The van der Waals surface area contributed by atoms with Crippen molar-refractivity contribution in [3.8, 4) is 0 Å². The number of ether oxygens (including phenoxy) is 1. The molecule has 2 heterocycles. The molecule has 0 aliphatic carbocycles. The molecule has 1 aromatic rings. The van der Waals surface area contributed by atoms with Crippen molar-refractivity contribution in [3.63, 3.8) is 0 Å². The monoisotopic (exact) mass is 347 g/mol. The van der Waals surface area contributed by atoms with Crippen LogP contribution in [0.5, 0.6) is 0 Å². The lowest BCUT2D eigenvalue weighted by Gasteiger charge is -2.37. The molecule has 0 amide bonds. The van der Waals surface area contributed by atoms with Crippen molar-refractivity contribution in [1.29, 1.82) is 0 Å². The first kappa shape index (κ1) is 15.6. The molecule has 0 saturated carbocycles. The fourth-order valence-electron chi connectivity index (χ4n) is 2.79. The molecule has 0 bridgehead atoms. The Kier molecular flexibility index (Phi) is 4.52. The van der Waals surface area contributed by atoms with Gasteiger partial charge in [-0.15, -0.1) is 11.8 Å². The van der Waals surface area contributed by atoms with Crippen LogP contribution in [-0.4, -0.2) is 43.1 Å². The quantitative estimate of drug-likeness (QED) is 0.843. The maximum atomic E-state index is 12.5. The van der Waals surface area contributed by atoms with Gasteiger partial charge in [0.1, 0.15) is 4.93 Å². The van der Waals surface area contributed by atoms with Crippen molar-refractivity contribution in [3.05, 3.63) is 34.9 Å². The molecule has 116 valence electrons. The molecule has 0 unspecified atom stereocenters. The molecule has 4 nitrogen and oxygen atoms in total. The van der Waals surface area contributed by atoms with Crippen LogP contribution in [0.3, 0.4) is 0 Å². The second-order valence-electron chi connectivity index (χ2n) is 5.35. The smallest absolute Gasteiger partial charge is 0.218 e. The first-order valence-electron chi connectivity index (χ1n) is 7.00. The van der Waals surface area contributed by atoms with Gasteiger partial charge in [-0.25, -0.2) is 12.7 Å². The number of benzene rings is 1. The topological polar surface area (TPSA) is 46.6 Å². The van der Waals surface area contributed by atoms with Crippen molar-refractivity contribution in [2.24, 2.45) is 0 Å². The Labute approximate surface area is 134 Å². The second kappa shape index (κ2) is 6.08. The zero-order valence-corrected chi connectivity index (χ0v) is 14.0. The summed E-state index contributed by atoms with van der Waals surface area (Å²) in [6, 6.07) is 7.10. The molecule has 1 spiro atoms. The summed E-state index contributed by atoms with van der Waals surface area (Å²) in [7, 11) is -3.32. The molecule has 0 N–H and O–H groups in total. The van der Waals surface area contributed by atoms with Gasteiger partial charge in [-0.2, -0.15) is 0 Å². The third kappa shape index (κ3) is 3.40. The van der Waals surface area contributed by atoms with Gasteiger partial charge in [0.05, 0.1) is 12.4 Å². The maximum absolute atomic E-state index is 12.5. The van der Waals surface area contributed by atoms with Gasteiger partial charge in [0.15, 0.2) is 0 Å². The van der Waals surface area contributed by atoms with Crippen molar-refractivity contribution >= 4 is 33.4 Å². The largest absolute Gasteiger partial charge is 0.363 e. The zero-order valence-electron chi connectivity index (χ0n) is 11.6. The number of hydrogen-bond acceptors (Lipinski definition) is 4. The van der Waals surface area contributed by atoms with Crippen LogP contribution in [0.2, 0.25) is 5.02 Å². The van der Waals surface area contributed by atoms with E-state index in [1.54, 1.807) is 22.5 Å². The van der Waals surface area contributed by atoms with Crippen LogP contribution in [0, 0.1) is 0 Å². The van der Waals surface area contributed by atoms with Crippen molar-refractivity contribution in [2.45, 2.75) is 23.5 Å². The van der Waals surface area contributed by atoms with Gasteiger partial charge in [0.2, 0.25) is 10.0 Å². The van der Waals surface area contributed by atoms with Crippen LogP contribution in [-0.2, 0) is 20.5 Å². The number of rotatable bonds is 3. The van der Waals surface area contributed by atoms with Crippen LogP contribution < -0.4 is 0 Å². The third-order valence-corrected chi connectivity index (χ3v) is 7.61. The number of halogens is 1. The molecule has 0 aromatic heterocycles. The van der Waals surface area contributed by atoms with Gasteiger partial charge < -0.3 is 4.74 Å². The summed E-state index contributed by atoms with van der Waals surface area (Å²) < 4.78 is 32.4. The maximum Gasteiger partial charge on any atom is 0.218 e. The summed E-state index contributed by atoms with van der Waals surface area (Å²) in [5.74, 6) is 0.972. The number of piperidine rings is 1. The number of sulfonamides is 1. The number of nitrogens with zero attached hydrogens (tertiary/aromatic N) is 1. The highest BCUT2D eigenvalue weighted by molar-refractivity contribution is 8.00. The Hall–Kier alpha value is -0.270. The number of hydrogen-bond donors (Lipinski definition) is 0. The molecule has 0 atom stereocenters. The molecular formula is C14H18ClNO3S2. The highest BCUT2D eigenvalue weighted by Crippen LogP contribution is 2.42.